The smallest absolute Gasteiger partial charge is 0.194 e. The molecule has 0 saturated carbocycles. The van der Waals surface area contributed by atoms with Gasteiger partial charge in [-0.05, 0) is 24.3 Å². The molecule has 4 rings (SSSR count). The molecule has 24 heavy (non-hydrogen) atoms. The van der Waals surface area contributed by atoms with Crippen molar-refractivity contribution >= 4 is 21.7 Å². The van der Waals surface area contributed by atoms with Crippen molar-refractivity contribution in [3.8, 4) is 0 Å². The van der Waals surface area contributed by atoms with Crippen LogP contribution in [-0.4, -0.2) is 4.21 Å². The summed E-state index contributed by atoms with van der Waals surface area (Å²) in [6, 6.07) is 16.3. The van der Waals surface area contributed by atoms with Crippen LogP contribution >= 0.6 is 0 Å². The molecule has 0 spiro atoms. The van der Waals surface area contributed by atoms with Gasteiger partial charge in [0.15, 0.2) is 32.1 Å². The third kappa shape index (κ3) is 2.29. The second-order valence-electron chi connectivity index (χ2n) is 5.17. The number of halogens is 3. The Bertz CT molecular complexity index is 915. The maximum absolute atomic E-state index is 13.8. The molecule has 1 aliphatic heterocycles. The summed E-state index contributed by atoms with van der Waals surface area (Å²) in [5.74, 6) is -3.93. The summed E-state index contributed by atoms with van der Waals surface area (Å²) in [5, 5.41) is 0. The molecule has 0 amide bonds. The van der Waals surface area contributed by atoms with E-state index in [0.29, 0.717) is 14.7 Å². The zero-order valence-corrected chi connectivity index (χ0v) is 13.8. The summed E-state index contributed by atoms with van der Waals surface area (Å²) in [6.07, 6.45) is 0. The molecule has 0 aromatic heterocycles. The van der Waals surface area contributed by atoms with E-state index in [9.17, 15) is 17.4 Å². The van der Waals surface area contributed by atoms with Gasteiger partial charge in [-0.2, -0.15) is 0 Å². The number of hydrogen-bond donors (Lipinski definition) is 0. The van der Waals surface area contributed by atoms with Crippen molar-refractivity contribution in [2.24, 2.45) is 0 Å². The lowest BCUT2D eigenvalue weighted by molar-refractivity contribution is 0.443. The molecular formula is C18H10F3OS2+. The number of hydrogen-bond acceptors (Lipinski definition) is 1. The van der Waals surface area contributed by atoms with Crippen LogP contribution in [-0.2, 0) is 21.7 Å². The summed E-state index contributed by atoms with van der Waals surface area (Å²) in [4.78, 5) is 3.03. The highest BCUT2D eigenvalue weighted by atomic mass is 32.2. The van der Waals surface area contributed by atoms with Crippen LogP contribution in [0.3, 0.4) is 0 Å². The van der Waals surface area contributed by atoms with Crippen molar-refractivity contribution in [3.63, 3.8) is 0 Å². The Morgan fingerprint density at radius 2 is 1.21 bits per heavy atom. The van der Waals surface area contributed by atoms with Crippen molar-refractivity contribution in [1.82, 2.24) is 0 Å². The van der Waals surface area contributed by atoms with Gasteiger partial charge in [-0.25, -0.2) is 17.4 Å². The van der Waals surface area contributed by atoms with Gasteiger partial charge in [0.2, 0.25) is 0 Å². The molecule has 0 saturated heterocycles. The molecule has 1 aliphatic rings. The first kappa shape index (κ1) is 15.5. The average Bonchev–Trinajstić information content (AvgIpc) is 2.60. The van der Waals surface area contributed by atoms with E-state index in [1.807, 2.05) is 0 Å². The molecule has 3 aromatic carbocycles. The molecule has 0 atom stereocenters. The standard InChI is InChI=1S/C18H10F3OS2/c19-12-9-11(10-13(20)18(12)21)23-14-5-1-3-7-16(14)24(22)17-8-4-2-6-15(17)23/h1-10H/q+1. The Hall–Kier alpha value is -2.05. The lowest BCUT2D eigenvalue weighted by atomic mass is 10.3. The third-order valence-electron chi connectivity index (χ3n) is 3.73. The van der Waals surface area contributed by atoms with Gasteiger partial charge in [-0.3, -0.25) is 0 Å². The van der Waals surface area contributed by atoms with Crippen molar-refractivity contribution in [2.75, 3.05) is 0 Å². The van der Waals surface area contributed by atoms with Crippen molar-refractivity contribution < 1.29 is 17.4 Å². The lowest BCUT2D eigenvalue weighted by Crippen LogP contribution is -2.17. The van der Waals surface area contributed by atoms with Gasteiger partial charge in [0.25, 0.3) is 0 Å². The molecule has 0 unspecified atom stereocenters. The van der Waals surface area contributed by atoms with Gasteiger partial charge in [0.05, 0.1) is 20.6 Å². The predicted molar refractivity (Wildman–Crippen MR) is 86.0 cm³/mol. The van der Waals surface area contributed by atoms with E-state index in [-0.39, 0.29) is 0 Å². The van der Waals surface area contributed by atoms with Crippen LogP contribution in [0.5, 0.6) is 0 Å². The minimum Gasteiger partial charge on any atom is -0.249 e. The monoisotopic (exact) mass is 363 g/mol. The fourth-order valence-electron chi connectivity index (χ4n) is 2.68. The maximum Gasteiger partial charge on any atom is 0.194 e. The normalized spacial score (nSPS) is 18.8. The van der Waals surface area contributed by atoms with E-state index in [4.69, 9.17) is 0 Å². The Morgan fingerprint density at radius 1 is 0.750 bits per heavy atom. The Morgan fingerprint density at radius 3 is 1.71 bits per heavy atom. The summed E-state index contributed by atoms with van der Waals surface area (Å²) >= 11 is 0. The lowest BCUT2D eigenvalue weighted by Gasteiger charge is -2.18. The fourth-order valence-corrected chi connectivity index (χ4v) is 6.94. The van der Waals surface area contributed by atoms with Crippen LogP contribution in [0.2, 0.25) is 0 Å². The second kappa shape index (κ2) is 5.79. The highest BCUT2D eigenvalue weighted by molar-refractivity contribution is 7.99. The zero-order valence-electron chi connectivity index (χ0n) is 12.1. The molecule has 120 valence electrons. The zero-order chi connectivity index (χ0) is 16.8. The van der Waals surface area contributed by atoms with E-state index in [2.05, 4.69) is 0 Å². The topological polar surface area (TPSA) is 17.1 Å². The highest BCUT2D eigenvalue weighted by Crippen LogP contribution is 2.43. The van der Waals surface area contributed by atoms with Gasteiger partial charge in [0.1, 0.15) is 10.9 Å². The van der Waals surface area contributed by atoms with E-state index >= 15 is 0 Å². The number of rotatable bonds is 1. The molecule has 1 nitrogen and oxygen atoms in total. The van der Waals surface area contributed by atoms with E-state index < -0.39 is 39.1 Å². The minimum atomic E-state index is -1.48. The maximum atomic E-state index is 13.8. The highest BCUT2D eigenvalue weighted by Gasteiger charge is 2.41. The van der Waals surface area contributed by atoms with Crippen molar-refractivity contribution in [1.29, 1.82) is 0 Å². The quantitative estimate of drug-likeness (QED) is 0.355. The molecule has 6 heteroatoms. The summed E-state index contributed by atoms with van der Waals surface area (Å²) < 4.78 is 53.6. The van der Waals surface area contributed by atoms with Gasteiger partial charge >= 0.3 is 0 Å². The molecule has 3 aromatic rings. The van der Waals surface area contributed by atoms with Gasteiger partial charge < -0.3 is 0 Å². The molecule has 0 N–H and O–H groups in total. The van der Waals surface area contributed by atoms with Crippen LogP contribution in [0.15, 0.2) is 85.1 Å². The van der Waals surface area contributed by atoms with Crippen molar-refractivity contribution in [2.45, 2.75) is 24.5 Å². The fraction of sp³-hybridized carbons (Fsp3) is 0. The molecule has 1 heterocycles. The minimum absolute atomic E-state index is 0.322. The first-order valence-electron chi connectivity index (χ1n) is 7.06. The Balaban J connectivity index is 2.03. The van der Waals surface area contributed by atoms with Crippen LogP contribution < -0.4 is 0 Å². The predicted octanol–water partition coefficient (Wildman–Crippen LogP) is 4.68. The summed E-state index contributed by atoms with van der Waals surface area (Å²) in [5.41, 5.74) is 0. The largest absolute Gasteiger partial charge is 0.249 e. The Kier molecular flexibility index (Phi) is 3.73. The molecular weight excluding hydrogens is 353 g/mol. The van der Waals surface area contributed by atoms with Crippen LogP contribution in [0.1, 0.15) is 0 Å². The van der Waals surface area contributed by atoms with E-state index in [1.54, 1.807) is 48.5 Å². The first-order valence-corrected chi connectivity index (χ1v) is 9.44. The molecule has 0 aliphatic carbocycles. The second-order valence-corrected chi connectivity index (χ2v) is 8.55. The van der Waals surface area contributed by atoms with Crippen LogP contribution in [0.4, 0.5) is 13.2 Å². The molecule has 0 radical (unpaired) electrons. The first-order chi connectivity index (χ1) is 11.6. The van der Waals surface area contributed by atoms with E-state index in [1.165, 1.54) is 0 Å². The van der Waals surface area contributed by atoms with Crippen LogP contribution in [0, 0.1) is 17.5 Å². The summed E-state index contributed by atoms with van der Waals surface area (Å²) in [6.45, 7) is 0. The number of benzene rings is 3. The SMILES string of the molecule is O=S1c2ccccc2[S+](c2cc(F)c(F)c(F)c2)c2ccccc21. The molecule has 0 bridgehead atoms. The Labute approximate surface area is 142 Å². The summed E-state index contributed by atoms with van der Waals surface area (Å²) in [7, 11) is -2.20. The van der Waals surface area contributed by atoms with E-state index in [0.717, 1.165) is 21.9 Å². The third-order valence-corrected chi connectivity index (χ3v) is 7.80. The molecule has 0 fully saturated rings. The average molecular weight is 363 g/mol. The van der Waals surface area contributed by atoms with Crippen molar-refractivity contribution in [3.05, 3.63) is 78.1 Å². The van der Waals surface area contributed by atoms with Gasteiger partial charge in [-0.15, -0.1) is 0 Å². The van der Waals surface area contributed by atoms with Crippen LogP contribution in [0.25, 0.3) is 0 Å². The van der Waals surface area contributed by atoms with Gasteiger partial charge in [0, 0.05) is 12.1 Å². The van der Waals surface area contributed by atoms with Gasteiger partial charge in [-0.1, -0.05) is 24.3 Å². The number of fused-ring (bicyclic) bond motifs is 2.